The van der Waals surface area contributed by atoms with E-state index >= 15 is 0 Å². The van der Waals surface area contributed by atoms with Crippen LogP contribution in [0.15, 0.2) is 65.8 Å². The highest BCUT2D eigenvalue weighted by Crippen LogP contribution is 2.45. The van der Waals surface area contributed by atoms with Crippen LogP contribution in [-0.4, -0.2) is 44.6 Å². The van der Waals surface area contributed by atoms with Gasteiger partial charge in [-0.1, -0.05) is 24.1 Å². The fourth-order valence-electron chi connectivity index (χ4n) is 6.35. The number of aryl methyl sites for hydroxylation is 1. The largest absolute Gasteiger partial charge is 0.490 e. The van der Waals surface area contributed by atoms with Gasteiger partial charge in [-0.2, -0.15) is 0 Å². The first-order valence-corrected chi connectivity index (χ1v) is 15.8. The zero-order valence-corrected chi connectivity index (χ0v) is 23.5. The average Bonchev–Trinajstić information content (AvgIpc) is 3.03. The van der Waals surface area contributed by atoms with E-state index in [-0.39, 0.29) is 22.5 Å². The van der Waals surface area contributed by atoms with Gasteiger partial charge in [0, 0.05) is 42.3 Å². The van der Waals surface area contributed by atoms with E-state index in [0.717, 1.165) is 48.6 Å². The minimum atomic E-state index is -3.82. The SMILES string of the molecule is O=C(Cc1ccncc1)CS(=O)(=O)c1ccc2c(c1)N(CC1CCC1)C[C@@]1(CCCc3cc(Cl)ccc31)CO2. The molecule has 3 aliphatic rings. The van der Waals surface area contributed by atoms with E-state index in [1.165, 1.54) is 30.4 Å². The van der Waals surface area contributed by atoms with Crippen LogP contribution in [0.5, 0.6) is 5.75 Å². The number of nitrogens with zero attached hydrogens (tertiary/aromatic N) is 2. The molecule has 2 aliphatic carbocycles. The summed E-state index contributed by atoms with van der Waals surface area (Å²) in [5.41, 5.74) is 3.94. The minimum absolute atomic E-state index is 0.0650. The molecule has 0 unspecified atom stereocenters. The third-order valence-electron chi connectivity index (χ3n) is 8.57. The molecule has 1 atom stereocenters. The number of benzene rings is 2. The molecular weight excluding hydrogens is 532 g/mol. The zero-order chi connectivity index (χ0) is 27.0. The maximum atomic E-state index is 13.4. The maximum Gasteiger partial charge on any atom is 0.185 e. The van der Waals surface area contributed by atoms with Gasteiger partial charge in [-0.3, -0.25) is 9.78 Å². The predicted octanol–water partition coefficient (Wildman–Crippen LogP) is 5.59. The van der Waals surface area contributed by atoms with Gasteiger partial charge in [0.25, 0.3) is 0 Å². The number of anilines is 1. The number of ether oxygens (including phenoxy) is 1. The second-order valence-electron chi connectivity index (χ2n) is 11.4. The molecule has 6 nitrogen and oxygen atoms in total. The first kappa shape index (κ1) is 26.3. The average molecular weight is 565 g/mol. The molecule has 1 aliphatic heterocycles. The van der Waals surface area contributed by atoms with Crippen LogP contribution in [0.2, 0.25) is 5.02 Å². The molecule has 2 aromatic carbocycles. The van der Waals surface area contributed by atoms with E-state index in [4.69, 9.17) is 16.3 Å². The van der Waals surface area contributed by atoms with Crippen molar-refractivity contribution in [3.63, 3.8) is 0 Å². The van der Waals surface area contributed by atoms with Crippen molar-refractivity contribution in [1.29, 1.82) is 0 Å². The molecule has 0 amide bonds. The smallest absolute Gasteiger partial charge is 0.185 e. The summed E-state index contributed by atoms with van der Waals surface area (Å²) in [4.78, 5) is 19.2. The highest BCUT2D eigenvalue weighted by Gasteiger charge is 2.42. The number of aromatic nitrogens is 1. The predicted molar refractivity (Wildman–Crippen MR) is 153 cm³/mol. The first-order valence-electron chi connectivity index (χ1n) is 13.8. The van der Waals surface area contributed by atoms with Gasteiger partial charge in [0.1, 0.15) is 11.5 Å². The summed E-state index contributed by atoms with van der Waals surface area (Å²) in [5, 5.41) is 0.753. The van der Waals surface area contributed by atoms with Crippen LogP contribution in [0.1, 0.15) is 48.8 Å². The standard InChI is InChI=1S/C31H33ClN2O4S/c32-25-6-8-28-24(16-25)5-2-12-31(28)20-34(18-23-3-1-4-23)29-17-27(7-9-30(29)38-21-31)39(36,37)19-26(35)15-22-10-13-33-14-11-22/h6-11,13-14,16-17,23H,1-5,12,15,18-21H2/t31-/m0/s1. The van der Waals surface area contributed by atoms with Crippen molar-refractivity contribution in [1.82, 2.24) is 4.98 Å². The highest BCUT2D eigenvalue weighted by atomic mass is 35.5. The van der Waals surface area contributed by atoms with Gasteiger partial charge in [0.05, 0.1) is 17.2 Å². The number of rotatable bonds is 7. The first-order chi connectivity index (χ1) is 18.8. The molecule has 1 fully saturated rings. The minimum Gasteiger partial charge on any atom is -0.490 e. The maximum absolute atomic E-state index is 13.4. The van der Waals surface area contributed by atoms with E-state index in [0.29, 0.717) is 18.3 Å². The fourth-order valence-corrected chi connectivity index (χ4v) is 7.80. The van der Waals surface area contributed by atoms with E-state index in [2.05, 4.69) is 22.0 Å². The Hall–Kier alpha value is -2.90. The van der Waals surface area contributed by atoms with Crippen LogP contribution in [0.4, 0.5) is 5.69 Å². The van der Waals surface area contributed by atoms with Crippen LogP contribution in [-0.2, 0) is 32.9 Å². The summed E-state index contributed by atoms with van der Waals surface area (Å²) in [5.74, 6) is 0.420. The molecule has 8 heteroatoms. The van der Waals surface area contributed by atoms with E-state index in [1.807, 2.05) is 6.07 Å². The molecule has 2 heterocycles. The van der Waals surface area contributed by atoms with Gasteiger partial charge in [-0.15, -0.1) is 0 Å². The Bertz CT molecular complexity index is 1490. The van der Waals surface area contributed by atoms with Crippen LogP contribution in [0, 0.1) is 5.92 Å². The zero-order valence-electron chi connectivity index (χ0n) is 21.9. The van der Waals surface area contributed by atoms with Crippen molar-refractivity contribution < 1.29 is 17.9 Å². The second-order valence-corrected chi connectivity index (χ2v) is 13.8. The number of carbonyl (C=O) groups is 1. The molecule has 0 N–H and O–H groups in total. The Morgan fingerprint density at radius 2 is 1.90 bits per heavy atom. The Labute approximate surface area is 235 Å². The summed E-state index contributed by atoms with van der Waals surface area (Å²) in [6.07, 6.45) is 9.95. The lowest BCUT2D eigenvalue weighted by molar-refractivity contribution is -0.116. The lowest BCUT2D eigenvalue weighted by Gasteiger charge is -2.42. The Kier molecular flexibility index (Phi) is 7.15. The topological polar surface area (TPSA) is 76.6 Å². The van der Waals surface area contributed by atoms with Crippen molar-refractivity contribution in [2.45, 2.75) is 55.3 Å². The van der Waals surface area contributed by atoms with Gasteiger partial charge >= 0.3 is 0 Å². The lowest BCUT2D eigenvalue weighted by atomic mass is 9.70. The number of hydrogen-bond acceptors (Lipinski definition) is 6. The molecule has 6 rings (SSSR count). The summed E-state index contributed by atoms with van der Waals surface area (Å²) < 4.78 is 33.3. The molecule has 1 aromatic heterocycles. The van der Waals surface area contributed by atoms with Crippen molar-refractivity contribution in [3.05, 3.63) is 82.6 Å². The molecule has 0 radical (unpaired) electrons. The monoisotopic (exact) mass is 564 g/mol. The van der Waals surface area contributed by atoms with Crippen molar-refractivity contribution in [3.8, 4) is 5.75 Å². The quantitative estimate of drug-likeness (QED) is 0.372. The summed E-state index contributed by atoms with van der Waals surface area (Å²) in [7, 11) is -3.82. The highest BCUT2D eigenvalue weighted by molar-refractivity contribution is 7.92. The number of Topliss-reactive ketones (excluding diaryl/α,β-unsaturated/α-hetero) is 1. The summed E-state index contributed by atoms with van der Waals surface area (Å²) in [6.45, 7) is 2.16. The number of pyridine rings is 1. The molecular formula is C31H33ClN2O4S. The van der Waals surface area contributed by atoms with Crippen LogP contribution in [0.3, 0.4) is 0 Å². The number of halogens is 1. The number of carbonyl (C=O) groups excluding carboxylic acids is 1. The molecule has 3 aromatic rings. The van der Waals surface area contributed by atoms with Gasteiger partial charge in [-0.25, -0.2) is 8.42 Å². The van der Waals surface area contributed by atoms with Crippen LogP contribution < -0.4 is 9.64 Å². The number of hydrogen-bond donors (Lipinski definition) is 0. The van der Waals surface area contributed by atoms with Crippen molar-refractivity contribution in [2.24, 2.45) is 5.92 Å². The molecule has 204 valence electrons. The molecule has 0 saturated heterocycles. The fraction of sp³-hybridized carbons (Fsp3) is 0.419. The van der Waals surface area contributed by atoms with Crippen molar-refractivity contribution >= 4 is 32.9 Å². The molecule has 1 spiro atoms. The lowest BCUT2D eigenvalue weighted by Crippen LogP contribution is -2.47. The third-order valence-corrected chi connectivity index (χ3v) is 10.5. The van der Waals surface area contributed by atoms with Gasteiger partial charge < -0.3 is 9.64 Å². The Morgan fingerprint density at radius 3 is 2.67 bits per heavy atom. The Balaban J connectivity index is 1.31. The molecule has 39 heavy (non-hydrogen) atoms. The van der Waals surface area contributed by atoms with E-state index in [9.17, 15) is 13.2 Å². The molecule has 1 saturated carbocycles. The summed E-state index contributed by atoms with van der Waals surface area (Å²) >= 11 is 6.35. The van der Waals surface area contributed by atoms with E-state index < -0.39 is 15.6 Å². The van der Waals surface area contributed by atoms with Gasteiger partial charge in [0.2, 0.25) is 0 Å². The van der Waals surface area contributed by atoms with Crippen molar-refractivity contribution in [2.75, 3.05) is 30.3 Å². The number of sulfone groups is 1. The number of ketones is 1. The van der Waals surface area contributed by atoms with Gasteiger partial charge in [0.15, 0.2) is 15.6 Å². The van der Waals surface area contributed by atoms with E-state index in [1.54, 1.807) is 42.7 Å². The Morgan fingerprint density at radius 1 is 1.08 bits per heavy atom. The molecule has 0 bridgehead atoms. The van der Waals surface area contributed by atoms with Gasteiger partial charge in [-0.05, 0) is 97.2 Å². The number of fused-ring (bicyclic) bond motifs is 3. The van der Waals surface area contributed by atoms with Crippen LogP contribution >= 0.6 is 11.6 Å². The third kappa shape index (κ3) is 5.44. The normalized spacial score (nSPS) is 20.9. The summed E-state index contributed by atoms with van der Waals surface area (Å²) in [6, 6.07) is 14.8. The second kappa shape index (κ2) is 10.6. The van der Waals surface area contributed by atoms with Crippen LogP contribution in [0.25, 0.3) is 0 Å².